The molecule has 0 amide bonds. The van der Waals surface area contributed by atoms with Crippen molar-refractivity contribution in [3.8, 4) is 0 Å². The number of hydrogen-bond acceptors (Lipinski definition) is 8. The molecule has 1 saturated heterocycles. The minimum atomic E-state index is -1.44. The van der Waals surface area contributed by atoms with Crippen LogP contribution in [0.1, 0.15) is 24.6 Å². The Balaban J connectivity index is 1.31. The second kappa shape index (κ2) is 8.09. The number of rotatable bonds is 4. The van der Waals surface area contributed by atoms with Crippen LogP contribution in [0.5, 0.6) is 0 Å². The average molecular weight is 543 g/mol. The lowest BCUT2D eigenvalue weighted by Gasteiger charge is -2.26. The molecule has 6 rings (SSSR count). The molecule has 11 heteroatoms. The summed E-state index contributed by atoms with van der Waals surface area (Å²) in [5.41, 5.74) is 6.62. The summed E-state index contributed by atoms with van der Waals surface area (Å²) in [6.07, 6.45) is 1.43. The van der Waals surface area contributed by atoms with Crippen LogP contribution in [0.15, 0.2) is 41.3 Å². The molecule has 35 heavy (non-hydrogen) atoms. The highest BCUT2D eigenvalue weighted by atomic mass is 79.9. The predicted octanol–water partition coefficient (Wildman–Crippen LogP) is 3.15. The zero-order valence-corrected chi connectivity index (χ0v) is 20.4. The van der Waals surface area contributed by atoms with Crippen LogP contribution in [0, 0.1) is 11.7 Å². The zero-order chi connectivity index (χ0) is 24.5. The Labute approximate surface area is 208 Å². The van der Waals surface area contributed by atoms with E-state index in [9.17, 15) is 14.6 Å². The molecule has 0 spiro atoms. The Hall–Kier alpha value is -2.86. The van der Waals surface area contributed by atoms with Gasteiger partial charge in [0.25, 0.3) is 0 Å². The quantitative estimate of drug-likeness (QED) is 0.309. The molecule has 4 heterocycles. The molecule has 1 aliphatic carbocycles. The van der Waals surface area contributed by atoms with Crippen LogP contribution in [-0.2, 0) is 11.2 Å². The number of anilines is 2. The van der Waals surface area contributed by atoms with Crippen LogP contribution >= 0.6 is 15.9 Å². The van der Waals surface area contributed by atoms with Crippen LogP contribution in [0.25, 0.3) is 21.9 Å². The van der Waals surface area contributed by atoms with Crippen LogP contribution in [-0.4, -0.2) is 54.6 Å². The smallest absolute Gasteiger partial charge is 0.164 e. The van der Waals surface area contributed by atoms with Gasteiger partial charge in [-0.3, -0.25) is 0 Å². The second-order valence-corrected chi connectivity index (χ2v) is 10.2. The number of nitrogens with two attached hydrogens (primary N) is 1. The molecule has 5 atom stereocenters. The normalized spacial score (nSPS) is 28.1. The Morgan fingerprint density at radius 1 is 1.34 bits per heavy atom. The summed E-state index contributed by atoms with van der Waals surface area (Å²) in [7, 11) is 1.65. The summed E-state index contributed by atoms with van der Waals surface area (Å²) >= 11 is 3.40. The first kappa shape index (κ1) is 22.6. The SMILES string of the molecule is CNc1ncnc2c1c(F)cn2[C@@H]1O[C@@H]2[C@H](Cc3ccc4cc(Br)c(N)nc4c3)CC[C@]2(O)[C@H]1O. The number of halogens is 2. The molecule has 1 aromatic carbocycles. The lowest BCUT2D eigenvalue weighted by Crippen LogP contribution is -2.45. The number of pyridine rings is 1. The van der Waals surface area contributed by atoms with Crippen molar-refractivity contribution in [2.45, 2.75) is 43.3 Å². The van der Waals surface area contributed by atoms with E-state index in [1.165, 1.54) is 17.1 Å². The Morgan fingerprint density at radius 3 is 2.97 bits per heavy atom. The fraction of sp³-hybridized carbons (Fsp3) is 0.375. The van der Waals surface area contributed by atoms with E-state index in [2.05, 4.69) is 36.2 Å². The number of ether oxygens (including phenoxy) is 1. The standard InChI is InChI=1S/C24H24BrFN6O3/c1-28-21-17-15(26)9-32(22(17)30-10-29-21)23-18(33)24(34)5-4-13(19(24)35-23)6-11-2-3-12-8-14(25)20(27)31-16(12)7-11/h2-3,7-10,13,18-19,23,33-34H,4-6H2,1H3,(H2,27,31)(H,28,29,30)/t13-,18-,19+,23+,24-/m0/s1. The highest BCUT2D eigenvalue weighted by Gasteiger charge is 2.61. The van der Waals surface area contributed by atoms with E-state index < -0.39 is 29.9 Å². The monoisotopic (exact) mass is 542 g/mol. The largest absolute Gasteiger partial charge is 0.385 e. The van der Waals surface area contributed by atoms with Gasteiger partial charge >= 0.3 is 0 Å². The number of aromatic nitrogens is 4. The van der Waals surface area contributed by atoms with E-state index in [-0.39, 0.29) is 17.0 Å². The zero-order valence-electron chi connectivity index (χ0n) is 18.8. The van der Waals surface area contributed by atoms with Crippen molar-refractivity contribution >= 4 is 49.5 Å². The molecule has 0 radical (unpaired) electrons. The summed E-state index contributed by atoms with van der Waals surface area (Å²) in [6, 6.07) is 7.94. The van der Waals surface area contributed by atoms with Gasteiger partial charge in [-0.05, 0) is 58.8 Å². The van der Waals surface area contributed by atoms with Crippen molar-refractivity contribution in [3.63, 3.8) is 0 Å². The Bertz CT molecular complexity index is 1460. The van der Waals surface area contributed by atoms with Gasteiger partial charge in [0.15, 0.2) is 17.7 Å². The molecule has 0 bridgehead atoms. The maximum atomic E-state index is 14.8. The summed E-state index contributed by atoms with van der Waals surface area (Å²) in [5.74, 6) is 0.189. The van der Waals surface area contributed by atoms with Crippen molar-refractivity contribution in [1.82, 2.24) is 19.5 Å². The molecule has 4 aromatic rings. The Kier molecular flexibility index (Phi) is 5.22. The number of nitrogens with zero attached hydrogens (tertiary/aromatic N) is 4. The number of benzene rings is 1. The molecule has 5 N–H and O–H groups in total. The molecule has 3 aromatic heterocycles. The molecule has 0 unspecified atom stereocenters. The number of aliphatic hydroxyl groups is 2. The van der Waals surface area contributed by atoms with Crippen LogP contribution in [0.2, 0.25) is 0 Å². The summed E-state index contributed by atoms with van der Waals surface area (Å²) in [4.78, 5) is 12.7. The van der Waals surface area contributed by atoms with Crippen molar-refractivity contribution in [3.05, 3.63) is 52.6 Å². The van der Waals surface area contributed by atoms with E-state index >= 15 is 0 Å². The number of aliphatic hydroxyl groups excluding tert-OH is 1. The van der Waals surface area contributed by atoms with Crippen LogP contribution in [0.4, 0.5) is 16.0 Å². The van der Waals surface area contributed by atoms with E-state index in [1.807, 2.05) is 24.3 Å². The van der Waals surface area contributed by atoms with E-state index in [0.29, 0.717) is 30.9 Å². The lowest BCUT2D eigenvalue weighted by molar-refractivity contribution is -0.0675. The highest BCUT2D eigenvalue weighted by Crippen LogP contribution is 2.51. The maximum Gasteiger partial charge on any atom is 0.164 e. The van der Waals surface area contributed by atoms with Crippen LogP contribution in [0.3, 0.4) is 0 Å². The molecular formula is C24H24BrFN6O3. The predicted molar refractivity (Wildman–Crippen MR) is 132 cm³/mol. The number of nitrogens with one attached hydrogen (secondary N) is 1. The van der Waals surface area contributed by atoms with Gasteiger partial charge in [-0.2, -0.15) is 0 Å². The fourth-order valence-electron chi connectivity index (χ4n) is 5.62. The van der Waals surface area contributed by atoms with Gasteiger partial charge in [0.05, 0.1) is 21.5 Å². The third-order valence-electron chi connectivity index (χ3n) is 7.34. The van der Waals surface area contributed by atoms with Gasteiger partial charge in [0, 0.05) is 18.6 Å². The third-order valence-corrected chi connectivity index (χ3v) is 7.97. The van der Waals surface area contributed by atoms with E-state index in [4.69, 9.17) is 10.5 Å². The van der Waals surface area contributed by atoms with Crippen molar-refractivity contribution in [1.29, 1.82) is 0 Å². The van der Waals surface area contributed by atoms with Gasteiger partial charge in [-0.15, -0.1) is 0 Å². The lowest BCUT2D eigenvalue weighted by atomic mass is 9.90. The summed E-state index contributed by atoms with van der Waals surface area (Å²) in [6.45, 7) is 0. The van der Waals surface area contributed by atoms with Gasteiger partial charge in [-0.1, -0.05) is 12.1 Å². The third kappa shape index (κ3) is 3.40. The first-order chi connectivity index (χ1) is 16.8. The van der Waals surface area contributed by atoms with E-state index in [1.54, 1.807) is 7.05 Å². The van der Waals surface area contributed by atoms with Crippen molar-refractivity contribution in [2.24, 2.45) is 5.92 Å². The topological polar surface area (TPSA) is 131 Å². The Morgan fingerprint density at radius 2 is 2.17 bits per heavy atom. The number of fused-ring (bicyclic) bond motifs is 3. The maximum absolute atomic E-state index is 14.8. The van der Waals surface area contributed by atoms with Gasteiger partial charge in [0.2, 0.25) is 0 Å². The molecule has 9 nitrogen and oxygen atoms in total. The summed E-state index contributed by atoms with van der Waals surface area (Å²) in [5, 5.41) is 26.6. The second-order valence-electron chi connectivity index (χ2n) is 9.32. The first-order valence-electron chi connectivity index (χ1n) is 11.4. The summed E-state index contributed by atoms with van der Waals surface area (Å²) < 4.78 is 23.3. The molecule has 1 aliphatic heterocycles. The molecule has 1 saturated carbocycles. The van der Waals surface area contributed by atoms with Crippen molar-refractivity contribution in [2.75, 3.05) is 18.1 Å². The van der Waals surface area contributed by atoms with E-state index in [0.717, 1.165) is 20.9 Å². The van der Waals surface area contributed by atoms with Gasteiger partial charge in [0.1, 0.15) is 29.7 Å². The van der Waals surface area contributed by atoms with Gasteiger partial charge < -0.3 is 30.6 Å². The van der Waals surface area contributed by atoms with Crippen LogP contribution < -0.4 is 11.1 Å². The molecular weight excluding hydrogens is 519 g/mol. The number of nitrogen functional groups attached to an aromatic ring is 1. The van der Waals surface area contributed by atoms with Gasteiger partial charge in [-0.25, -0.2) is 19.3 Å². The fourth-order valence-corrected chi connectivity index (χ4v) is 5.95. The van der Waals surface area contributed by atoms with Crippen molar-refractivity contribution < 1.29 is 19.3 Å². The minimum absolute atomic E-state index is 0.0425. The first-order valence-corrected chi connectivity index (χ1v) is 12.2. The average Bonchev–Trinajstić information content (AvgIpc) is 3.43. The number of hydrogen-bond donors (Lipinski definition) is 4. The molecule has 2 aliphatic rings. The highest BCUT2D eigenvalue weighted by molar-refractivity contribution is 9.10. The minimum Gasteiger partial charge on any atom is -0.385 e. The molecule has 182 valence electrons. The molecule has 2 fully saturated rings.